The van der Waals surface area contributed by atoms with Crippen LogP contribution in [0.2, 0.25) is 10.0 Å². The first-order valence-corrected chi connectivity index (χ1v) is 9.46. The Bertz CT molecular complexity index is 714. The second-order valence-corrected chi connectivity index (χ2v) is 7.15. The molecule has 1 N–H and O–H groups in total. The molecule has 0 amide bonds. The van der Waals surface area contributed by atoms with Crippen LogP contribution in [0, 0.1) is 0 Å². The number of ketones is 1. The molecule has 1 fully saturated rings. The lowest BCUT2D eigenvalue weighted by atomic mass is 10.0. The highest BCUT2D eigenvalue weighted by Crippen LogP contribution is 2.23. The summed E-state index contributed by atoms with van der Waals surface area (Å²) in [5.41, 5.74) is 1.85. The molecule has 0 radical (unpaired) electrons. The third-order valence-electron chi connectivity index (χ3n) is 4.53. The Kier molecular flexibility index (Phi) is 7.06. The summed E-state index contributed by atoms with van der Waals surface area (Å²) in [5, 5.41) is 4.66. The first-order chi connectivity index (χ1) is 12.6. The van der Waals surface area contributed by atoms with Crippen LogP contribution in [0.3, 0.4) is 0 Å². The van der Waals surface area contributed by atoms with Crippen molar-refractivity contribution in [3.63, 3.8) is 0 Å². The Morgan fingerprint density at radius 1 is 1.00 bits per heavy atom. The maximum absolute atomic E-state index is 12.3. The zero-order valence-electron chi connectivity index (χ0n) is 14.5. The number of ether oxygens (including phenoxy) is 1. The van der Waals surface area contributed by atoms with Crippen molar-refractivity contribution in [2.24, 2.45) is 0 Å². The summed E-state index contributed by atoms with van der Waals surface area (Å²) >= 11 is 11.9. The predicted molar refractivity (Wildman–Crippen MR) is 105 cm³/mol. The number of benzene rings is 2. The Morgan fingerprint density at radius 3 is 2.19 bits per heavy atom. The fourth-order valence-corrected chi connectivity index (χ4v) is 3.34. The van der Waals surface area contributed by atoms with Crippen molar-refractivity contribution in [1.29, 1.82) is 0 Å². The first-order valence-electron chi connectivity index (χ1n) is 8.70. The molecule has 0 aromatic heterocycles. The van der Waals surface area contributed by atoms with E-state index in [9.17, 15) is 4.79 Å². The average Bonchev–Trinajstić information content (AvgIpc) is 2.67. The number of nitrogens with zero attached hydrogens (tertiary/aromatic N) is 1. The summed E-state index contributed by atoms with van der Waals surface area (Å²) in [6, 6.07) is 15.1. The number of morpholine rings is 1. The fourth-order valence-electron chi connectivity index (χ4n) is 3.09. The van der Waals surface area contributed by atoms with Gasteiger partial charge in [0.05, 0.1) is 19.8 Å². The molecule has 0 bridgehead atoms. The zero-order chi connectivity index (χ0) is 18.4. The van der Waals surface area contributed by atoms with Gasteiger partial charge < -0.3 is 10.1 Å². The van der Waals surface area contributed by atoms with E-state index in [-0.39, 0.29) is 18.4 Å². The van der Waals surface area contributed by atoms with Crippen molar-refractivity contribution in [3.05, 3.63) is 69.7 Å². The highest BCUT2D eigenvalue weighted by Gasteiger charge is 2.22. The zero-order valence-corrected chi connectivity index (χ0v) is 16.0. The number of halogens is 2. The smallest absolute Gasteiger partial charge is 0.176 e. The van der Waals surface area contributed by atoms with Crippen LogP contribution in [0.1, 0.15) is 22.0 Å². The van der Waals surface area contributed by atoms with Crippen LogP contribution in [0.15, 0.2) is 48.5 Å². The van der Waals surface area contributed by atoms with Crippen LogP contribution < -0.4 is 5.32 Å². The number of carbonyl (C=O) groups is 1. The van der Waals surface area contributed by atoms with E-state index < -0.39 is 0 Å². The van der Waals surface area contributed by atoms with E-state index in [2.05, 4.69) is 10.2 Å². The predicted octanol–water partition coefficient (Wildman–Crippen LogP) is 3.84. The van der Waals surface area contributed by atoms with Gasteiger partial charge in [0, 0.05) is 41.3 Å². The fraction of sp³-hybridized carbons (Fsp3) is 0.350. The molecule has 6 heteroatoms. The van der Waals surface area contributed by atoms with Crippen molar-refractivity contribution in [3.8, 4) is 0 Å². The summed E-state index contributed by atoms with van der Waals surface area (Å²) in [4.78, 5) is 14.7. The molecule has 3 rings (SSSR count). The second-order valence-electron chi connectivity index (χ2n) is 6.28. The lowest BCUT2D eigenvalue weighted by Crippen LogP contribution is -2.43. The van der Waals surface area contributed by atoms with Crippen LogP contribution in [0.4, 0.5) is 0 Å². The Balaban J connectivity index is 1.62. The first kappa shape index (κ1) is 19.3. The minimum absolute atomic E-state index is 0.0542. The summed E-state index contributed by atoms with van der Waals surface area (Å²) in [6.45, 7) is 4.18. The Hall–Kier alpha value is -1.43. The molecular weight excluding hydrogens is 371 g/mol. The third kappa shape index (κ3) is 5.29. The van der Waals surface area contributed by atoms with Gasteiger partial charge in [-0.2, -0.15) is 0 Å². The summed E-state index contributed by atoms with van der Waals surface area (Å²) < 4.78 is 5.47. The number of carbonyl (C=O) groups excluding carboxylic acids is 1. The molecule has 1 aliphatic rings. The van der Waals surface area contributed by atoms with Gasteiger partial charge in [0.2, 0.25) is 0 Å². The number of hydrogen-bond acceptors (Lipinski definition) is 4. The lowest BCUT2D eigenvalue weighted by Gasteiger charge is -2.35. The van der Waals surface area contributed by atoms with Gasteiger partial charge in [-0.1, -0.05) is 35.3 Å². The normalized spacial score (nSPS) is 16.4. The van der Waals surface area contributed by atoms with Gasteiger partial charge in [-0.25, -0.2) is 0 Å². The number of nitrogens with one attached hydrogen (secondary N) is 1. The van der Waals surface area contributed by atoms with E-state index in [1.165, 1.54) is 5.56 Å². The average molecular weight is 393 g/mol. The van der Waals surface area contributed by atoms with E-state index in [1.54, 1.807) is 24.3 Å². The van der Waals surface area contributed by atoms with Gasteiger partial charge in [0.15, 0.2) is 5.78 Å². The van der Waals surface area contributed by atoms with Crippen molar-refractivity contribution in [2.45, 2.75) is 6.04 Å². The molecule has 1 heterocycles. The molecule has 0 aliphatic carbocycles. The summed E-state index contributed by atoms with van der Waals surface area (Å²) in [5.74, 6) is 0.0542. The summed E-state index contributed by atoms with van der Waals surface area (Å²) in [7, 11) is 0. The van der Waals surface area contributed by atoms with E-state index in [0.29, 0.717) is 17.1 Å². The quantitative estimate of drug-likeness (QED) is 0.726. The van der Waals surface area contributed by atoms with Gasteiger partial charge in [0.25, 0.3) is 0 Å². The minimum atomic E-state index is 0.0542. The van der Waals surface area contributed by atoms with Crippen molar-refractivity contribution in [2.75, 3.05) is 39.4 Å². The molecule has 0 saturated carbocycles. The number of hydrogen-bond donors (Lipinski definition) is 1. The van der Waals surface area contributed by atoms with Crippen LogP contribution in [-0.4, -0.2) is 50.1 Å². The van der Waals surface area contributed by atoms with Crippen LogP contribution in [0.5, 0.6) is 0 Å². The molecule has 2 aromatic carbocycles. The van der Waals surface area contributed by atoms with E-state index in [0.717, 1.165) is 31.3 Å². The Morgan fingerprint density at radius 2 is 1.58 bits per heavy atom. The monoisotopic (exact) mass is 392 g/mol. The molecule has 0 spiro atoms. The molecule has 1 unspecified atom stereocenters. The summed E-state index contributed by atoms with van der Waals surface area (Å²) in [6.07, 6.45) is 0. The highest BCUT2D eigenvalue weighted by atomic mass is 35.5. The third-order valence-corrected chi connectivity index (χ3v) is 5.03. The molecule has 2 aromatic rings. The molecule has 1 atom stereocenters. The standard InChI is InChI=1S/C20H22Cl2N2O2/c21-17-5-1-15(2-6-17)19(24-9-11-26-12-10-24)13-23-14-20(25)16-3-7-18(22)8-4-16/h1-8,19,23H,9-14H2. The number of Topliss-reactive ketones (excluding diaryl/α,β-unsaturated/α-hetero) is 1. The topological polar surface area (TPSA) is 41.6 Å². The van der Waals surface area contributed by atoms with Gasteiger partial charge in [-0.15, -0.1) is 0 Å². The van der Waals surface area contributed by atoms with E-state index >= 15 is 0 Å². The minimum Gasteiger partial charge on any atom is -0.379 e. The number of rotatable bonds is 7. The van der Waals surface area contributed by atoms with Crippen molar-refractivity contribution < 1.29 is 9.53 Å². The lowest BCUT2D eigenvalue weighted by molar-refractivity contribution is 0.0162. The maximum Gasteiger partial charge on any atom is 0.176 e. The molecule has 138 valence electrons. The van der Waals surface area contributed by atoms with E-state index in [1.807, 2.05) is 24.3 Å². The van der Waals surface area contributed by atoms with E-state index in [4.69, 9.17) is 27.9 Å². The maximum atomic E-state index is 12.3. The van der Waals surface area contributed by atoms with Crippen LogP contribution >= 0.6 is 23.2 Å². The van der Waals surface area contributed by atoms with Gasteiger partial charge in [0.1, 0.15) is 0 Å². The SMILES string of the molecule is O=C(CNCC(c1ccc(Cl)cc1)N1CCOCC1)c1ccc(Cl)cc1. The van der Waals surface area contributed by atoms with Gasteiger partial charge >= 0.3 is 0 Å². The van der Waals surface area contributed by atoms with Crippen LogP contribution in [0.25, 0.3) is 0 Å². The Labute approximate surface area is 164 Å². The molecule has 1 aliphatic heterocycles. The van der Waals surface area contributed by atoms with Crippen molar-refractivity contribution in [1.82, 2.24) is 10.2 Å². The largest absolute Gasteiger partial charge is 0.379 e. The van der Waals surface area contributed by atoms with Crippen molar-refractivity contribution >= 4 is 29.0 Å². The molecule has 1 saturated heterocycles. The van der Waals surface area contributed by atoms with Gasteiger partial charge in [-0.05, 0) is 42.0 Å². The van der Waals surface area contributed by atoms with Crippen LogP contribution in [-0.2, 0) is 4.74 Å². The molecule has 4 nitrogen and oxygen atoms in total. The highest BCUT2D eigenvalue weighted by molar-refractivity contribution is 6.30. The molecule has 26 heavy (non-hydrogen) atoms. The van der Waals surface area contributed by atoms with Gasteiger partial charge in [-0.3, -0.25) is 9.69 Å². The molecular formula is C20H22Cl2N2O2. The second kappa shape index (κ2) is 9.49.